The zero-order valence-electron chi connectivity index (χ0n) is 28.5. The standard InChI is InChI=1S/C49H29N3S/c1-3-10-35(11-4-1)47-50-48(36-12-5-2-6-13-36)52-49(51-47)46-38(28-29-42-45(46)40-16-7-8-17-41(40)53-42)31-20-18-30(19-21-31)37-26-24-34-23-22-32-14-9-15-33-25-27-39(37)44(34)43(32)33/h1-29H. The lowest BCUT2D eigenvalue weighted by Crippen LogP contribution is -2.01. The summed E-state index contributed by atoms with van der Waals surface area (Å²) in [5.41, 5.74) is 7.55. The van der Waals surface area contributed by atoms with E-state index < -0.39 is 0 Å². The molecule has 0 saturated heterocycles. The predicted octanol–water partition coefficient (Wildman–Crippen LogP) is 13.5. The van der Waals surface area contributed by atoms with E-state index in [1.165, 1.54) is 63.6 Å². The van der Waals surface area contributed by atoms with Crippen LogP contribution in [0.5, 0.6) is 0 Å². The zero-order chi connectivity index (χ0) is 34.9. The topological polar surface area (TPSA) is 38.7 Å². The number of nitrogens with zero attached hydrogens (tertiary/aromatic N) is 3. The number of hydrogen-bond donors (Lipinski definition) is 0. The summed E-state index contributed by atoms with van der Waals surface area (Å²) in [6, 6.07) is 62.7. The highest BCUT2D eigenvalue weighted by molar-refractivity contribution is 7.26. The molecule has 4 heteroatoms. The van der Waals surface area contributed by atoms with Crippen LogP contribution in [-0.2, 0) is 0 Å². The minimum absolute atomic E-state index is 0.654. The Morgan fingerprint density at radius 1 is 0.302 bits per heavy atom. The van der Waals surface area contributed by atoms with E-state index in [0.717, 1.165) is 27.8 Å². The molecule has 11 rings (SSSR count). The molecule has 11 aromatic rings. The number of hydrogen-bond acceptors (Lipinski definition) is 4. The van der Waals surface area contributed by atoms with Crippen LogP contribution in [-0.4, -0.2) is 15.0 Å². The Balaban J connectivity index is 1.13. The van der Waals surface area contributed by atoms with Crippen molar-refractivity contribution in [3.05, 3.63) is 176 Å². The van der Waals surface area contributed by atoms with Gasteiger partial charge in [0.25, 0.3) is 0 Å². The summed E-state index contributed by atoms with van der Waals surface area (Å²) in [4.78, 5) is 15.5. The van der Waals surface area contributed by atoms with Crippen molar-refractivity contribution in [3.63, 3.8) is 0 Å². The van der Waals surface area contributed by atoms with E-state index in [0.29, 0.717) is 17.5 Å². The van der Waals surface area contributed by atoms with E-state index in [2.05, 4.69) is 140 Å². The third-order valence-corrected chi connectivity index (χ3v) is 11.6. The summed E-state index contributed by atoms with van der Waals surface area (Å²) < 4.78 is 2.45. The second-order valence-corrected chi connectivity index (χ2v) is 14.6. The molecule has 9 aromatic carbocycles. The van der Waals surface area contributed by atoms with Gasteiger partial charge in [-0.05, 0) is 66.7 Å². The summed E-state index contributed by atoms with van der Waals surface area (Å²) >= 11 is 1.81. The second kappa shape index (κ2) is 11.9. The van der Waals surface area contributed by atoms with E-state index in [1.807, 2.05) is 47.7 Å². The summed E-state index contributed by atoms with van der Waals surface area (Å²) in [5, 5.41) is 10.1. The molecule has 0 amide bonds. The maximum absolute atomic E-state index is 5.24. The summed E-state index contributed by atoms with van der Waals surface area (Å²) in [7, 11) is 0. The van der Waals surface area contributed by atoms with E-state index in [1.54, 1.807) is 0 Å². The molecule has 0 radical (unpaired) electrons. The lowest BCUT2D eigenvalue weighted by Gasteiger charge is -2.16. The third kappa shape index (κ3) is 4.84. The summed E-state index contributed by atoms with van der Waals surface area (Å²) in [6.07, 6.45) is 0. The Labute approximate surface area is 309 Å². The van der Waals surface area contributed by atoms with Gasteiger partial charge < -0.3 is 0 Å². The molecule has 0 aliphatic heterocycles. The summed E-state index contributed by atoms with van der Waals surface area (Å²) in [6.45, 7) is 0. The monoisotopic (exact) mass is 691 g/mol. The Kier molecular flexibility index (Phi) is 6.73. The second-order valence-electron chi connectivity index (χ2n) is 13.5. The van der Waals surface area contributed by atoms with Crippen LogP contribution >= 0.6 is 11.3 Å². The first-order valence-corrected chi connectivity index (χ1v) is 18.7. The van der Waals surface area contributed by atoms with Crippen LogP contribution in [0.1, 0.15) is 0 Å². The van der Waals surface area contributed by atoms with E-state index in [9.17, 15) is 0 Å². The number of fused-ring (bicyclic) bond motifs is 3. The van der Waals surface area contributed by atoms with Crippen LogP contribution in [0, 0.1) is 0 Å². The first-order valence-electron chi connectivity index (χ1n) is 17.9. The van der Waals surface area contributed by atoms with E-state index in [-0.39, 0.29) is 0 Å². The fourth-order valence-electron chi connectivity index (χ4n) is 8.03. The van der Waals surface area contributed by atoms with Gasteiger partial charge in [0.05, 0.1) is 0 Å². The molecule has 246 valence electrons. The number of aromatic nitrogens is 3. The van der Waals surface area contributed by atoms with Gasteiger partial charge in [-0.1, -0.05) is 164 Å². The van der Waals surface area contributed by atoms with E-state index >= 15 is 0 Å². The van der Waals surface area contributed by atoms with Crippen molar-refractivity contribution < 1.29 is 0 Å². The van der Waals surface area contributed by atoms with Crippen molar-refractivity contribution >= 4 is 63.8 Å². The van der Waals surface area contributed by atoms with Crippen LogP contribution in [0.15, 0.2) is 176 Å². The van der Waals surface area contributed by atoms with Gasteiger partial charge >= 0.3 is 0 Å². The number of benzene rings is 9. The molecular formula is C49H29N3S. The van der Waals surface area contributed by atoms with Crippen molar-refractivity contribution in [1.29, 1.82) is 0 Å². The normalized spacial score (nSPS) is 11.8. The third-order valence-electron chi connectivity index (χ3n) is 10.5. The Morgan fingerprint density at radius 3 is 1.55 bits per heavy atom. The van der Waals surface area contributed by atoms with Crippen molar-refractivity contribution in [2.24, 2.45) is 0 Å². The lowest BCUT2D eigenvalue weighted by atomic mass is 9.89. The average molecular weight is 692 g/mol. The highest BCUT2D eigenvalue weighted by Crippen LogP contribution is 2.45. The smallest absolute Gasteiger partial charge is 0.165 e. The quantitative estimate of drug-likeness (QED) is 0.169. The largest absolute Gasteiger partial charge is 0.208 e. The Bertz CT molecular complexity index is 3080. The van der Waals surface area contributed by atoms with E-state index in [4.69, 9.17) is 15.0 Å². The summed E-state index contributed by atoms with van der Waals surface area (Å²) in [5.74, 6) is 1.97. The predicted molar refractivity (Wildman–Crippen MR) is 224 cm³/mol. The average Bonchev–Trinajstić information content (AvgIpc) is 3.62. The van der Waals surface area contributed by atoms with Gasteiger partial charge in [0.1, 0.15) is 0 Å². The van der Waals surface area contributed by atoms with Gasteiger partial charge in [-0.3, -0.25) is 0 Å². The van der Waals surface area contributed by atoms with Gasteiger partial charge in [-0.2, -0.15) is 0 Å². The zero-order valence-corrected chi connectivity index (χ0v) is 29.3. The van der Waals surface area contributed by atoms with Gasteiger partial charge in [0.2, 0.25) is 0 Å². The molecule has 2 heterocycles. The fourth-order valence-corrected chi connectivity index (χ4v) is 9.14. The minimum Gasteiger partial charge on any atom is -0.208 e. The van der Waals surface area contributed by atoms with Gasteiger partial charge in [-0.25, -0.2) is 15.0 Å². The van der Waals surface area contributed by atoms with Crippen LogP contribution in [0.25, 0.3) is 109 Å². The molecule has 0 atom stereocenters. The van der Waals surface area contributed by atoms with Gasteiger partial charge in [0, 0.05) is 36.9 Å². The van der Waals surface area contributed by atoms with Crippen LogP contribution in [0.4, 0.5) is 0 Å². The first kappa shape index (κ1) is 29.9. The highest BCUT2D eigenvalue weighted by atomic mass is 32.1. The SMILES string of the molecule is c1ccc(-c2nc(-c3ccccc3)nc(-c3c(-c4ccc(-c5ccc6ccc7cccc8ccc5c6c78)cc4)ccc4sc5ccccc5c34)n2)cc1. The maximum atomic E-state index is 5.24. The molecule has 0 bridgehead atoms. The molecule has 0 unspecified atom stereocenters. The number of thiophene rings is 1. The molecule has 0 spiro atoms. The molecule has 0 fully saturated rings. The van der Waals surface area contributed by atoms with Crippen LogP contribution < -0.4 is 0 Å². The molecule has 53 heavy (non-hydrogen) atoms. The molecule has 3 nitrogen and oxygen atoms in total. The van der Waals surface area contributed by atoms with Crippen LogP contribution in [0.2, 0.25) is 0 Å². The minimum atomic E-state index is 0.654. The molecule has 2 aromatic heterocycles. The fraction of sp³-hybridized carbons (Fsp3) is 0. The molecule has 0 N–H and O–H groups in total. The first-order chi connectivity index (χ1) is 26.3. The maximum Gasteiger partial charge on any atom is 0.165 e. The Hall–Kier alpha value is -6.75. The molecule has 0 aliphatic carbocycles. The Morgan fingerprint density at radius 2 is 0.849 bits per heavy atom. The molecule has 0 saturated carbocycles. The lowest BCUT2D eigenvalue weighted by molar-refractivity contribution is 1.08. The van der Waals surface area contributed by atoms with Crippen molar-refractivity contribution in [3.8, 4) is 56.4 Å². The molecular weight excluding hydrogens is 663 g/mol. The van der Waals surface area contributed by atoms with Crippen molar-refractivity contribution in [2.75, 3.05) is 0 Å². The van der Waals surface area contributed by atoms with Gasteiger partial charge in [0.15, 0.2) is 17.5 Å². The number of rotatable bonds is 5. The molecule has 0 aliphatic rings. The van der Waals surface area contributed by atoms with Crippen LogP contribution in [0.3, 0.4) is 0 Å². The van der Waals surface area contributed by atoms with Gasteiger partial charge in [-0.15, -0.1) is 11.3 Å². The van der Waals surface area contributed by atoms with Crippen molar-refractivity contribution in [1.82, 2.24) is 15.0 Å². The highest BCUT2D eigenvalue weighted by Gasteiger charge is 2.21. The van der Waals surface area contributed by atoms with Crippen molar-refractivity contribution in [2.45, 2.75) is 0 Å².